The Balaban J connectivity index is 2.83. The predicted octanol–water partition coefficient (Wildman–Crippen LogP) is 3.29. The minimum Gasteiger partial charge on any atom is -0.508 e. The zero-order valence-corrected chi connectivity index (χ0v) is 10.2. The molecule has 2 aromatic rings. The van der Waals surface area contributed by atoms with Crippen molar-refractivity contribution >= 4 is 22.5 Å². The Bertz CT molecular complexity index is 541. The zero-order valence-electron chi connectivity index (χ0n) is 9.45. The van der Waals surface area contributed by atoms with Gasteiger partial charge in [0, 0.05) is 16.9 Å². The maximum absolute atomic E-state index is 9.41. The molecule has 0 radical (unpaired) electrons. The summed E-state index contributed by atoms with van der Waals surface area (Å²) >= 11 is 5.88. The average molecular weight is 237 g/mol. The lowest BCUT2D eigenvalue weighted by Crippen LogP contribution is -2.14. The minimum absolute atomic E-state index is 0.109. The zero-order chi connectivity index (χ0) is 11.9. The van der Waals surface area contributed by atoms with Crippen molar-refractivity contribution in [1.82, 2.24) is 9.97 Å². The number of halogens is 1. The Morgan fingerprint density at radius 3 is 2.50 bits per heavy atom. The fourth-order valence-corrected chi connectivity index (χ4v) is 1.84. The van der Waals surface area contributed by atoms with Gasteiger partial charge in [0.25, 0.3) is 0 Å². The van der Waals surface area contributed by atoms with Crippen molar-refractivity contribution in [2.24, 2.45) is 0 Å². The molecule has 0 aliphatic carbocycles. The molecule has 4 heteroatoms. The van der Waals surface area contributed by atoms with Crippen LogP contribution in [0.2, 0.25) is 5.28 Å². The van der Waals surface area contributed by atoms with Crippen molar-refractivity contribution in [1.29, 1.82) is 0 Å². The van der Waals surface area contributed by atoms with Gasteiger partial charge in [0.2, 0.25) is 5.28 Å². The average Bonchev–Trinajstić information content (AvgIpc) is 2.14. The van der Waals surface area contributed by atoms with E-state index in [9.17, 15) is 5.11 Å². The van der Waals surface area contributed by atoms with Crippen molar-refractivity contribution in [3.63, 3.8) is 0 Å². The maximum atomic E-state index is 9.41. The molecule has 0 saturated heterocycles. The van der Waals surface area contributed by atoms with E-state index in [1.807, 2.05) is 6.07 Å². The molecule has 2 rings (SSSR count). The van der Waals surface area contributed by atoms with Gasteiger partial charge in [0.15, 0.2) is 0 Å². The van der Waals surface area contributed by atoms with Crippen molar-refractivity contribution in [3.8, 4) is 5.75 Å². The molecule has 0 aliphatic rings. The van der Waals surface area contributed by atoms with E-state index in [1.54, 1.807) is 12.1 Å². The first-order chi connectivity index (χ1) is 7.38. The van der Waals surface area contributed by atoms with Gasteiger partial charge in [-0.2, -0.15) is 0 Å². The topological polar surface area (TPSA) is 46.0 Å². The first kappa shape index (κ1) is 11.1. The number of fused-ring (bicyclic) bond motifs is 1. The maximum Gasteiger partial charge on any atom is 0.223 e. The molecule has 1 aromatic heterocycles. The highest BCUT2D eigenvalue weighted by molar-refractivity contribution is 6.28. The summed E-state index contributed by atoms with van der Waals surface area (Å²) in [6.07, 6.45) is 0. The van der Waals surface area contributed by atoms with Gasteiger partial charge in [-0.3, -0.25) is 0 Å². The predicted molar refractivity (Wildman–Crippen MR) is 64.9 cm³/mol. The quantitative estimate of drug-likeness (QED) is 0.714. The first-order valence-corrected chi connectivity index (χ1v) is 5.42. The van der Waals surface area contributed by atoms with Gasteiger partial charge >= 0.3 is 0 Å². The van der Waals surface area contributed by atoms with Crippen molar-refractivity contribution < 1.29 is 5.11 Å². The van der Waals surface area contributed by atoms with Gasteiger partial charge in [0.1, 0.15) is 5.75 Å². The van der Waals surface area contributed by atoms with Crippen LogP contribution in [0, 0.1) is 0 Å². The van der Waals surface area contributed by atoms with Gasteiger partial charge in [-0.25, -0.2) is 9.97 Å². The number of aromatic hydroxyl groups is 1. The normalized spacial score (nSPS) is 12.0. The Hall–Kier alpha value is -1.35. The third kappa shape index (κ3) is 1.95. The molecular formula is C12H13ClN2O. The van der Waals surface area contributed by atoms with Gasteiger partial charge in [-0.15, -0.1) is 0 Å². The van der Waals surface area contributed by atoms with E-state index in [1.165, 1.54) is 0 Å². The van der Waals surface area contributed by atoms with E-state index in [-0.39, 0.29) is 16.4 Å². The highest BCUT2D eigenvalue weighted by Crippen LogP contribution is 2.30. The summed E-state index contributed by atoms with van der Waals surface area (Å²) < 4.78 is 0. The summed E-state index contributed by atoms with van der Waals surface area (Å²) in [5, 5.41) is 10.5. The molecule has 1 heterocycles. The molecule has 0 spiro atoms. The molecule has 0 aliphatic heterocycles. The van der Waals surface area contributed by atoms with Crippen LogP contribution in [-0.2, 0) is 5.41 Å². The van der Waals surface area contributed by atoms with Crippen LogP contribution in [0.3, 0.4) is 0 Å². The van der Waals surface area contributed by atoms with E-state index in [4.69, 9.17) is 11.6 Å². The number of phenols is 1. The number of aromatic nitrogens is 2. The highest BCUT2D eigenvalue weighted by Gasteiger charge is 2.20. The number of phenolic OH excluding ortho intramolecular Hbond substituents is 1. The van der Waals surface area contributed by atoms with E-state index in [0.717, 1.165) is 11.1 Å². The largest absolute Gasteiger partial charge is 0.508 e. The van der Waals surface area contributed by atoms with Crippen LogP contribution in [0.1, 0.15) is 26.5 Å². The molecule has 1 N–H and O–H groups in total. The van der Waals surface area contributed by atoms with Crippen LogP contribution >= 0.6 is 11.6 Å². The summed E-state index contributed by atoms with van der Waals surface area (Å²) in [6, 6.07) is 5.05. The number of rotatable bonds is 0. The van der Waals surface area contributed by atoms with Crippen molar-refractivity contribution in [2.45, 2.75) is 26.2 Å². The number of hydrogen-bond donors (Lipinski definition) is 1. The standard InChI is InChI=1S/C12H13ClN2O/c1-12(2,3)10-8-5-4-7(16)6-9(8)14-11(13)15-10/h4-6,16H,1-3H3. The molecule has 0 unspecified atom stereocenters. The second kappa shape index (κ2) is 3.59. The summed E-state index contributed by atoms with van der Waals surface area (Å²) in [7, 11) is 0. The fourth-order valence-electron chi connectivity index (χ4n) is 1.66. The molecule has 16 heavy (non-hydrogen) atoms. The molecule has 3 nitrogen and oxygen atoms in total. The summed E-state index contributed by atoms with van der Waals surface area (Å²) in [5.74, 6) is 0.183. The van der Waals surface area contributed by atoms with Gasteiger partial charge in [0.05, 0.1) is 11.2 Å². The fraction of sp³-hybridized carbons (Fsp3) is 0.333. The van der Waals surface area contributed by atoms with Crippen LogP contribution in [0.5, 0.6) is 5.75 Å². The Labute approximate surface area is 99.1 Å². The SMILES string of the molecule is CC(C)(C)c1nc(Cl)nc2cc(O)ccc12. The van der Waals surface area contributed by atoms with Crippen LogP contribution in [0.4, 0.5) is 0 Å². The van der Waals surface area contributed by atoms with Gasteiger partial charge < -0.3 is 5.11 Å². The van der Waals surface area contributed by atoms with Gasteiger partial charge in [-0.05, 0) is 23.7 Å². The summed E-state index contributed by atoms with van der Waals surface area (Å²) in [5.41, 5.74) is 1.45. The monoisotopic (exact) mass is 236 g/mol. The second-order valence-electron chi connectivity index (χ2n) is 4.79. The third-order valence-corrected chi connectivity index (χ3v) is 2.53. The van der Waals surface area contributed by atoms with Crippen LogP contribution < -0.4 is 0 Å². The van der Waals surface area contributed by atoms with E-state index in [2.05, 4.69) is 30.7 Å². The Morgan fingerprint density at radius 1 is 1.19 bits per heavy atom. The highest BCUT2D eigenvalue weighted by atomic mass is 35.5. The number of benzene rings is 1. The van der Waals surface area contributed by atoms with E-state index < -0.39 is 0 Å². The Kier molecular flexibility index (Phi) is 2.50. The summed E-state index contributed by atoms with van der Waals surface area (Å²) in [4.78, 5) is 8.38. The van der Waals surface area contributed by atoms with E-state index >= 15 is 0 Å². The number of nitrogens with zero attached hydrogens (tertiary/aromatic N) is 2. The smallest absolute Gasteiger partial charge is 0.223 e. The lowest BCUT2D eigenvalue weighted by Gasteiger charge is -2.19. The molecule has 0 bridgehead atoms. The van der Waals surface area contributed by atoms with Crippen LogP contribution in [0.15, 0.2) is 18.2 Å². The molecule has 0 fully saturated rings. The van der Waals surface area contributed by atoms with Crippen LogP contribution in [0.25, 0.3) is 10.9 Å². The van der Waals surface area contributed by atoms with E-state index in [0.29, 0.717) is 5.52 Å². The summed E-state index contributed by atoms with van der Waals surface area (Å²) in [6.45, 7) is 6.20. The van der Waals surface area contributed by atoms with Crippen molar-refractivity contribution in [2.75, 3.05) is 0 Å². The Morgan fingerprint density at radius 2 is 1.88 bits per heavy atom. The molecule has 0 amide bonds. The number of hydrogen-bond acceptors (Lipinski definition) is 3. The minimum atomic E-state index is -0.109. The van der Waals surface area contributed by atoms with Crippen molar-refractivity contribution in [3.05, 3.63) is 29.2 Å². The molecule has 84 valence electrons. The molecular weight excluding hydrogens is 224 g/mol. The van der Waals surface area contributed by atoms with Gasteiger partial charge in [-0.1, -0.05) is 20.8 Å². The molecule has 0 atom stereocenters. The molecule has 1 aromatic carbocycles. The second-order valence-corrected chi connectivity index (χ2v) is 5.13. The lowest BCUT2D eigenvalue weighted by molar-refractivity contribution is 0.476. The van der Waals surface area contributed by atoms with Crippen LogP contribution in [-0.4, -0.2) is 15.1 Å². The first-order valence-electron chi connectivity index (χ1n) is 5.05. The molecule has 0 saturated carbocycles. The lowest BCUT2D eigenvalue weighted by atomic mass is 9.89. The third-order valence-electron chi connectivity index (χ3n) is 2.36.